The van der Waals surface area contributed by atoms with E-state index >= 15 is 0 Å². The van der Waals surface area contributed by atoms with E-state index in [0.29, 0.717) is 29.1 Å². The fourth-order valence-corrected chi connectivity index (χ4v) is 5.27. The second kappa shape index (κ2) is 8.99. The lowest BCUT2D eigenvalue weighted by atomic mass is 10.1. The van der Waals surface area contributed by atoms with Gasteiger partial charge in [-0.1, -0.05) is 91.0 Å². The number of rotatable bonds is 4. The zero-order valence-electron chi connectivity index (χ0n) is 21.3. The van der Waals surface area contributed by atoms with Gasteiger partial charge in [0.05, 0.1) is 16.6 Å². The summed E-state index contributed by atoms with van der Waals surface area (Å²) in [6.45, 7) is 0. The lowest BCUT2D eigenvalue weighted by molar-refractivity contribution is 0.620. The third-order valence-electron chi connectivity index (χ3n) is 7.11. The quantitative estimate of drug-likeness (QED) is 0.237. The molecule has 188 valence electrons. The van der Waals surface area contributed by atoms with Crippen molar-refractivity contribution in [3.63, 3.8) is 0 Å². The summed E-state index contributed by atoms with van der Waals surface area (Å²) in [5.74, 6) is 2.21. The molecule has 0 unspecified atom stereocenters. The fourth-order valence-electron chi connectivity index (χ4n) is 5.27. The van der Waals surface area contributed by atoms with Crippen LogP contribution in [-0.2, 0) is 0 Å². The zero-order valence-corrected chi connectivity index (χ0v) is 21.3. The largest absolute Gasteiger partial charge is 0.435 e. The lowest BCUT2D eigenvalue weighted by Crippen LogP contribution is -2.06. The summed E-state index contributed by atoms with van der Waals surface area (Å²) in [5, 5.41) is 2.29. The van der Waals surface area contributed by atoms with Gasteiger partial charge in [0.15, 0.2) is 17.2 Å². The predicted octanol–water partition coefficient (Wildman–Crippen LogP) is 8.11. The summed E-state index contributed by atoms with van der Waals surface area (Å²) in [4.78, 5) is 19.8. The number of benzene rings is 5. The molecule has 0 bridgehead atoms. The number of aromatic nitrogens is 5. The number of hydrogen-bond donors (Lipinski definition) is 0. The first kappa shape index (κ1) is 22.4. The van der Waals surface area contributed by atoms with Crippen LogP contribution in [0.5, 0.6) is 0 Å². The van der Waals surface area contributed by atoms with Crippen molar-refractivity contribution in [2.45, 2.75) is 0 Å². The molecule has 0 aliphatic rings. The van der Waals surface area contributed by atoms with Gasteiger partial charge in [-0.2, -0.15) is 9.97 Å². The normalized spacial score (nSPS) is 11.5. The first-order chi connectivity index (χ1) is 19.8. The van der Waals surface area contributed by atoms with Crippen molar-refractivity contribution in [3.05, 3.63) is 127 Å². The summed E-state index contributed by atoms with van der Waals surface area (Å²) < 4.78 is 8.45. The summed E-state index contributed by atoms with van der Waals surface area (Å²) in [7, 11) is 0. The van der Waals surface area contributed by atoms with Crippen LogP contribution in [-0.4, -0.2) is 24.5 Å². The summed E-state index contributed by atoms with van der Waals surface area (Å²) in [5.41, 5.74) is 6.03. The monoisotopic (exact) mass is 515 g/mol. The van der Waals surface area contributed by atoms with Crippen LogP contribution in [0.15, 0.2) is 132 Å². The van der Waals surface area contributed by atoms with Gasteiger partial charge in [-0.3, -0.25) is 4.57 Å². The van der Waals surface area contributed by atoms with Crippen molar-refractivity contribution in [2.24, 2.45) is 0 Å². The average molecular weight is 516 g/mol. The van der Waals surface area contributed by atoms with E-state index in [4.69, 9.17) is 24.4 Å². The van der Waals surface area contributed by atoms with Gasteiger partial charge in [0.2, 0.25) is 11.8 Å². The molecular formula is C34H21N5O. The predicted molar refractivity (Wildman–Crippen MR) is 158 cm³/mol. The molecule has 0 fully saturated rings. The first-order valence-corrected chi connectivity index (χ1v) is 13.1. The van der Waals surface area contributed by atoms with E-state index in [1.807, 2.05) is 91.0 Å². The lowest BCUT2D eigenvalue weighted by Gasteiger charge is -2.11. The molecule has 3 heterocycles. The van der Waals surface area contributed by atoms with E-state index in [0.717, 1.165) is 44.0 Å². The van der Waals surface area contributed by atoms with E-state index in [1.165, 1.54) is 0 Å². The zero-order chi connectivity index (χ0) is 26.5. The van der Waals surface area contributed by atoms with Gasteiger partial charge in [-0.15, -0.1) is 0 Å². The average Bonchev–Trinajstić information content (AvgIpc) is 3.61. The Balaban J connectivity index is 1.41. The molecule has 0 aliphatic carbocycles. The molecule has 0 atom stereocenters. The van der Waals surface area contributed by atoms with Crippen LogP contribution in [0.3, 0.4) is 0 Å². The summed E-state index contributed by atoms with van der Waals surface area (Å²) in [6.07, 6.45) is 0. The molecule has 40 heavy (non-hydrogen) atoms. The Labute approximate surface area is 229 Å². The van der Waals surface area contributed by atoms with Crippen molar-refractivity contribution in [1.82, 2.24) is 24.5 Å². The SMILES string of the molecule is c1ccc(-c2nc(-c3cccc4nc(-c5ccccc5)oc34)nc(-n3c4ccccc4c4ccccc43)n2)cc1. The summed E-state index contributed by atoms with van der Waals surface area (Å²) >= 11 is 0. The molecule has 0 saturated carbocycles. The van der Waals surface area contributed by atoms with Gasteiger partial charge in [-0.25, -0.2) is 9.97 Å². The Hall–Kier alpha value is -5.62. The molecule has 0 saturated heterocycles. The van der Waals surface area contributed by atoms with Crippen LogP contribution in [0.4, 0.5) is 0 Å². The first-order valence-electron chi connectivity index (χ1n) is 13.1. The van der Waals surface area contributed by atoms with E-state index in [1.54, 1.807) is 0 Å². The number of oxazole rings is 1. The second-order valence-corrected chi connectivity index (χ2v) is 9.56. The Kier molecular flexibility index (Phi) is 5.03. The maximum Gasteiger partial charge on any atom is 0.238 e. The van der Waals surface area contributed by atoms with E-state index in [9.17, 15) is 0 Å². The molecule has 8 aromatic rings. The molecule has 0 spiro atoms. The van der Waals surface area contributed by atoms with Gasteiger partial charge in [0.1, 0.15) is 5.52 Å². The molecule has 5 aromatic carbocycles. The third kappa shape index (κ3) is 3.58. The number of hydrogen-bond acceptors (Lipinski definition) is 5. The molecular weight excluding hydrogens is 494 g/mol. The maximum atomic E-state index is 6.34. The van der Waals surface area contributed by atoms with E-state index in [-0.39, 0.29) is 0 Å². The Morgan fingerprint density at radius 2 is 1.07 bits per heavy atom. The molecule has 6 nitrogen and oxygen atoms in total. The van der Waals surface area contributed by atoms with Crippen LogP contribution >= 0.6 is 0 Å². The maximum absolute atomic E-state index is 6.34. The van der Waals surface area contributed by atoms with Crippen molar-refractivity contribution in [1.29, 1.82) is 0 Å². The highest BCUT2D eigenvalue weighted by Gasteiger charge is 2.20. The van der Waals surface area contributed by atoms with Gasteiger partial charge < -0.3 is 4.42 Å². The minimum atomic E-state index is 0.520. The van der Waals surface area contributed by atoms with Crippen molar-refractivity contribution in [3.8, 4) is 40.2 Å². The highest BCUT2D eigenvalue weighted by molar-refractivity contribution is 6.09. The molecule has 0 amide bonds. The van der Waals surface area contributed by atoms with Crippen LogP contribution in [0.1, 0.15) is 0 Å². The Morgan fingerprint density at radius 1 is 0.475 bits per heavy atom. The molecule has 3 aromatic heterocycles. The van der Waals surface area contributed by atoms with E-state index < -0.39 is 0 Å². The summed E-state index contributed by atoms with van der Waals surface area (Å²) in [6, 6.07) is 42.4. The number of fused-ring (bicyclic) bond motifs is 4. The van der Waals surface area contributed by atoms with Crippen LogP contribution in [0, 0.1) is 0 Å². The molecule has 0 N–H and O–H groups in total. The molecule has 8 rings (SSSR count). The minimum Gasteiger partial charge on any atom is -0.435 e. The highest BCUT2D eigenvalue weighted by atomic mass is 16.3. The smallest absolute Gasteiger partial charge is 0.238 e. The van der Waals surface area contributed by atoms with Crippen molar-refractivity contribution >= 4 is 32.9 Å². The van der Waals surface area contributed by atoms with Crippen LogP contribution in [0.25, 0.3) is 73.1 Å². The van der Waals surface area contributed by atoms with E-state index in [2.05, 4.69) is 41.0 Å². The second-order valence-electron chi connectivity index (χ2n) is 9.56. The molecule has 0 radical (unpaired) electrons. The van der Waals surface area contributed by atoms with Crippen LogP contribution in [0.2, 0.25) is 0 Å². The minimum absolute atomic E-state index is 0.520. The Bertz CT molecular complexity index is 2110. The number of para-hydroxylation sites is 3. The van der Waals surface area contributed by atoms with Crippen molar-refractivity contribution < 1.29 is 4.42 Å². The standard InChI is InChI=1S/C34H21N5O/c1-3-12-22(13-4-1)31-36-32(26-18-11-19-27-30(26)40-33(35-27)23-14-5-2-6-15-23)38-34(37-31)39-28-20-9-7-16-24(28)25-17-8-10-21-29(25)39/h1-21H. The molecule has 0 aliphatic heterocycles. The topological polar surface area (TPSA) is 69.6 Å². The van der Waals surface area contributed by atoms with Crippen LogP contribution < -0.4 is 0 Å². The highest BCUT2D eigenvalue weighted by Crippen LogP contribution is 2.34. The van der Waals surface area contributed by atoms with Gasteiger partial charge >= 0.3 is 0 Å². The van der Waals surface area contributed by atoms with Crippen molar-refractivity contribution in [2.75, 3.05) is 0 Å². The fraction of sp³-hybridized carbons (Fsp3) is 0. The third-order valence-corrected chi connectivity index (χ3v) is 7.11. The number of nitrogens with zero attached hydrogens (tertiary/aromatic N) is 5. The van der Waals surface area contributed by atoms with Gasteiger partial charge in [-0.05, 0) is 36.4 Å². The Morgan fingerprint density at radius 3 is 1.77 bits per heavy atom. The van der Waals surface area contributed by atoms with Gasteiger partial charge in [0.25, 0.3) is 0 Å². The molecule has 6 heteroatoms. The van der Waals surface area contributed by atoms with Gasteiger partial charge in [0, 0.05) is 21.9 Å².